The molecule has 78 valence electrons. The van der Waals surface area contributed by atoms with Gasteiger partial charge in [0.15, 0.2) is 0 Å². The van der Waals surface area contributed by atoms with E-state index in [1.165, 1.54) is 0 Å². The molecule has 1 aromatic carbocycles. The number of rotatable bonds is 4. The van der Waals surface area contributed by atoms with E-state index in [4.69, 9.17) is 4.74 Å². The minimum Gasteiger partial charge on any atom is -0.496 e. The van der Waals surface area contributed by atoms with Crippen LogP contribution in [0.25, 0.3) is 0 Å². The molecule has 2 unspecified atom stereocenters. The highest BCUT2D eigenvalue weighted by molar-refractivity contribution is 5.35. The van der Waals surface area contributed by atoms with Gasteiger partial charge in [-0.15, -0.1) is 0 Å². The maximum absolute atomic E-state index is 9.77. The summed E-state index contributed by atoms with van der Waals surface area (Å²) in [5, 5.41) is 19.3. The van der Waals surface area contributed by atoms with Crippen LogP contribution in [0.4, 0.5) is 0 Å². The van der Waals surface area contributed by atoms with Gasteiger partial charge in [-0.2, -0.15) is 0 Å². The Balaban J connectivity index is 2.93. The van der Waals surface area contributed by atoms with Crippen LogP contribution in [0.3, 0.4) is 0 Å². The van der Waals surface area contributed by atoms with Crippen molar-refractivity contribution in [3.63, 3.8) is 0 Å². The molecule has 0 amide bonds. The maximum atomic E-state index is 9.77. The molecule has 0 aliphatic carbocycles. The lowest BCUT2D eigenvalue weighted by Crippen LogP contribution is -2.17. The van der Waals surface area contributed by atoms with Crippen molar-refractivity contribution < 1.29 is 14.9 Å². The van der Waals surface area contributed by atoms with Crippen molar-refractivity contribution in [2.24, 2.45) is 0 Å². The lowest BCUT2D eigenvalue weighted by atomic mass is 10.0. The van der Waals surface area contributed by atoms with Gasteiger partial charge in [0.2, 0.25) is 0 Å². The van der Waals surface area contributed by atoms with Gasteiger partial charge in [-0.1, -0.05) is 25.1 Å². The highest BCUT2D eigenvalue weighted by Crippen LogP contribution is 2.27. The normalized spacial score (nSPS) is 14.9. The highest BCUT2D eigenvalue weighted by Gasteiger charge is 2.19. The molecule has 1 rings (SSSR count). The number of benzene rings is 1. The lowest BCUT2D eigenvalue weighted by Gasteiger charge is -2.18. The molecule has 0 aliphatic heterocycles. The Kier molecular flexibility index (Phi) is 3.92. The number of aliphatic hydroxyl groups is 2. The molecule has 3 heteroatoms. The Morgan fingerprint density at radius 2 is 1.93 bits per heavy atom. The van der Waals surface area contributed by atoms with Crippen molar-refractivity contribution in [2.75, 3.05) is 7.11 Å². The number of aliphatic hydroxyl groups excluding tert-OH is 2. The number of hydrogen-bond acceptors (Lipinski definition) is 3. The van der Waals surface area contributed by atoms with Gasteiger partial charge in [0.25, 0.3) is 0 Å². The zero-order valence-corrected chi connectivity index (χ0v) is 8.47. The monoisotopic (exact) mass is 196 g/mol. The second kappa shape index (κ2) is 4.98. The third-order valence-corrected chi connectivity index (χ3v) is 2.24. The highest BCUT2D eigenvalue weighted by atomic mass is 16.5. The molecule has 0 saturated carbocycles. The average Bonchev–Trinajstić information content (AvgIpc) is 2.26. The van der Waals surface area contributed by atoms with E-state index in [1.807, 2.05) is 19.1 Å². The van der Waals surface area contributed by atoms with Gasteiger partial charge in [-0.05, 0) is 12.5 Å². The van der Waals surface area contributed by atoms with Crippen LogP contribution < -0.4 is 4.74 Å². The van der Waals surface area contributed by atoms with Crippen LogP contribution in [-0.2, 0) is 0 Å². The standard InChI is InChI=1S/C11H16O3/c1-3-9(12)11(13)8-6-4-5-7-10(8)14-2/h4-7,9,11-13H,3H2,1-2H3. The molecular formula is C11H16O3. The third kappa shape index (κ3) is 2.25. The predicted molar refractivity (Wildman–Crippen MR) is 54.3 cm³/mol. The number of hydrogen-bond donors (Lipinski definition) is 2. The Bertz CT molecular complexity index is 286. The summed E-state index contributed by atoms with van der Waals surface area (Å²) in [6, 6.07) is 7.15. The van der Waals surface area contributed by atoms with Crippen LogP contribution in [0, 0.1) is 0 Å². The van der Waals surface area contributed by atoms with Crippen LogP contribution in [-0.4, -0.2) is 23.4 Å². The van der Waals surface area contributed by atoms with Gasteiger partial charge in [-0.3, -0.25) is 0 Å². The molecule has 14 heavy (non-hydrogen) atoms. The van der Waals surface area contributed by atoms with Crippen LogP contribution in [0.5, 0.6) is 5.75 Å². The fourth-order valence-electron chi connectivity index (χ4n) is 1.34. The molecule has 0 bridgehead atoms. The van der Waals surface area contributed by atoms with E-state index in [9.17, 15) is 10.2 Å². The molecule has 0 aliphatic rings. The molecule has 0 heterocycles. The maximum Gasteiger partial charge on any atom is 0.124 e. The summed E-state index contributed by atoms with van der Waals surface area (Å²) in [4.78, 5) is 0. The Hall–Kier alpha value is -1.06. The van der Waals surface area contributed by atoms with E-state index in [2.05, 4.69) is 0 Å². The fraction of sp³-hybridized carbons (Fsp3) is 0.455. The van der Waals surface area contributed by atoms with Gasteiger partial charge in [-0.25, -0.2) is 0 Å². The molecule has 2 atom stereocenters. The minimum absolute atomic E-state index is 0.513. The smallest absolute Gasteiger partial charge is 0.124 e. The Morgan fingerprint density at radius 3 is 2.50 bits per heavy atom. The largest absolute Gasteiger partial charge is 0.496 e. The SMILES string of the molecule is CCC(O)C(O)c1ccccc1OC. The van der Waals surface area contributed by atoms with Crippen molar-refractivity contribution in [1.29, 1.82) is 0 Å². The van der Waals surface area contributed by atoms with Crippen molar-refractivity contribution >= 4 is 0 Å². The summed E-state index contributed by atoms with van der Waals surface area (Å²) in [6.45, 7) is 1.82. The molecule has 2 N–H and O–H groups in total. The van der Waals surface area contributed by atoms with Gasteiger partial charge in [0.05, 0.1) is 13.2 Å². The van der Waals surface area contributed by atoms with Crippen LogP contribution >= 0.6 is 0 Å². The fourth-order valence-corrected chi connectivity index (χ4v) is 1.34. The number of methoxy groups -OCH3 is 1. The summed E-state index contributed by atoms with van der Waals surface area (Å²) in [5.41, 5.74) is 0.629. The molecule has 0 fully saturated rings. The zero-order chi connectivity index (χ0) is 10.6. The van der Waals surface area contributed by atoms with E-state index >= 15 is 0 Å². The third-order valence-electron chi connectivity index (χ3n) is 2.24. The molecule has 1 aromatic rings. The minimum atomic E-state index is -0.879. The molecular weight excluding hydrogens is 180 g/mol. The van der Waals surface area contributed by atoms with Crippen LogP contribution in [0.2, 0.25) is 0 Å². The predicted octanol–water partition coefficient (Wildman–Crippen LogP) is 1.50. The van der Waals surface area contributed by atoms with E-state index in [-0.39, 0.29) is 0 Å². The topological polar surface area (TPSA) is 49.7 Å². The van der Waals surface area contributed by atoms with Crippen LogP contribution in [0.1, 0.15) is 25.0 Å². The van der Waals surface area contributed by atoms with Gasteiger partial charge >= 0.3 is 0 Å². The van der Waals surface area contributed by atoms with E-state index in [0.29, 0.717) is 17.7 Å². The summed E-state index contributed by atoms with van der Waals surface area (Å²) < 4.78 is 5.09. The first-order valence-electron chi connectivity index (χ1n) is 4.69. The number of ether oxygens (including phenoxy) is 1. The molecule has 0 radical (unpaired) electrons. The van der Waals surface area contributed by atoms with Crippen molar-refractivity contribution in [2.45, 2.75) is 25.6 Å². The number of para-hydroxylation sites is 1. The Morgan fingerprint density at radius 1 is 1.29 bits per heavy atom. The Labute approximate surface area is 84.0 Å². The van der Waals surface area contributed by atoms with Crippen molar-refractivity contribution in [1.82, 2.24) is 0 Å². The quantitative estimate of drug-likeness (QED) is 0.767. The zero-order valence-electron chi connectivity index (χ0n) is 8.47. The van der Waals surface area contributed by atoms with Crippen molar-refractivity contribution in [3.8, 4) is 5.75 Å². The molecule has 0 spiro atoms. The summed E-state index contributed by atoms with van der Waals surface area (Å²) in [6.07, 6.45) is -1.11. The van der Waals surface area contributed by atoms with E-state index in [1.54, 1.807) is 19.2 Å². The average molecular weight is 196 g/mol. The van der Waals surface area contributed by atoms with Gasteiger partial charge in [0, 0.05) is 5.56 Å². The molecule has 0 aromatic heterocycles. The first-order chi connectivity index (χ1) is 6.70. The second-order valence-electron chi connectivity index (χ2n) is 3.16. The molecule has 3 nitrogen and oxygen atoms in total. The van der Waals surface area contributed by atoms with Crippen LogP contribution in [0.15, 0.2) is 24.3 Å². The lowest BCUT2D eigenvalue weighted by molar-refractivity contribution is 0.0151. The van der Waals surface area contributed by atoms with E-state index < -0.39 is 12.2 Å². The van der Waals surface area contributed by atoms with E-state index in [0.717, 1.165) is 0 Å². The summed E-state index contributed by atoms with van der Waals surface area (Å²) in [7, 11) is 1.55. The summed E-state index contributed by atoms with van der Waals surface area (Å²) >= 11 is 0. The summed E-state index contributed by atoms with van der Waals surface area (Å²) in [5.74, 6) is 0.604. The van der Waals surface area contributed by atoms with Gasteiger partial charge in [0.1, 0.15) is 11.9 Å². The van der Waals surface area contributed by atoms with Gasteiger partial charge < -0.3 is 14.9 Å². The molecule has 0 saturated heterocycles. The first-order valence-corrected chi connectivity index (χ1v) is 4.69. The van der Waals surface area contributed by atoms with Crippen molar-refractivity contribution in [3.05, 3.63) is 29.8 Å². The second-order valence-corrected chi connectivity index (χ2v) is 3.16. The first kappa shape index (κ1) is 11.0.